The number of aryl methyl sites for hydroxylation is 4. The number of rotatable bonds is 4. The second-order valence-electron chi connectivity index (χ2n) is 5.76. The molecular weight excluding hydrogens is 304 g/mol. The Morgan fingerprint density at radius 1 is 1.17 bits per heavy atom. The van der Waals surface area contributed by atoms with Crippen LogP contribution in [-0.4, -0.2) is 14.5 Å². The molecule has 2 heterocycles. The number of imidazole rings is 1. The third-order valence-electron chi connectivity index (χ3n) is 3.99. The van der Waals surface area contributed by atoms with E-state index in [9.17, 15) is 0 Å². The van der Waals surface area contributed by atoms with Crippen molar-refractivity contribution in [3.63, 3.8) is 0 Å². The fraction of sp³-hybridized carbons (Fsp3) is 0.222. The molecule has 0 amide bonds. The molecule has 0 saturated carbocycles. The summed E-state index contributed by atoms with van der Waals surface area (Å²) in [5.74, 6) is 0. The molecule has 0 radical (unpaired) electrons. The molecule has 3 aromatic rings. The zero-order chi connectivity index (χ0) is 16.4. The van der Waals surface area contributed by atoms with Crippen molar-refractivity contribution in [1.82, 2.24) is 9.38 Å². The van der Waals surface area contributed by atoms with E-state index in [1.165, 1.54) is 16.8 Å². The van der Waals surface area contributed by atoms with Crippen LogP contribution in [0.2, 0.25) is 0 Å². The summed E-state index contributed by atoms with van der Waals surface area (Å²) in [6, 6.07) is 12.4. The van der Waals surface area contributed by atoms with Gasteiger partial charge in [-0.3, -0.25) is 0 Å². The lowest BCUT2D eigenvalue weighted by atomic mass is 10.1. The molecule has 0 aliphatic heterocycles. The number of thiocarbonyl (C=S) groups is 1. The fourth-order valence-corrected chi connectivity index (χ4v) is 2.83. The Bertz CT molecular complexity index is 849. The summed E-state index contributed by atoms with van der Waals surface area (Å²) in [4.78, 5) is 4.76. The Morgan fingerprint density at radius 3 is 2.61 bits per heavy atom. The predicted molar refractivity (Wildman–Crippen MR) is 98.9 cm³/mol. The van der Waals surface area contributed by atoms with Crippen LogP contribution in [0.25, 0.3) is 5.65 Å². The number of nitrogens with two attached hydrogens (primary N) is 1. The molecule has 118 valence electrons. The third kappa shape index (κ3) is 3.51. The summed E-state index contributed by atoms with van der Waals surface area (Å²) in [5, 5.41) is 3.22. The van der Waals surface area contributed by atoms with Gasteiger partial charge in [0, 0.05) is 17.6 Å². The van der Waals surface area contributed by atoms with Gasteiger partial charge in [0.15, 0.2) is 5.11 Å². The Balaban J connectivity index is 1.73. The van der Waals surface area contributed by atoms with Crippen LogP contribution in [0.15, 0.2) is 42.6 Å². The topological polar surface area (TPSA) is 55.3 Å². The number of pyridine rings is 1. The summed E-state index contributed by atoms with van der Waals surface area (Å²) in [6.07, 6.45) is 3.97. The number of hydrogen-bond donors (Lipinski definition) is 2. The van der Waals surface area contributed by atoms with Crippen LogP contribution in [0.5, 0.6) is 0 Å². The van der Waals surface area contributed by atoms with Crippen molar-refractivity contribution in [3.05, 3.63) is 65.1 Å². The molecule has 0 aliphatic rings. The number of fused-ring (bicyclic) bond motifs is 1. The Hall–Kier alpha value is -2.40. The van der Waals surface area contributed by atoms with E-state index in [0.717, 1.165) is 29.9 Å². The smallest absolute Gasteiger partial charge is 0.168 e. The van der Waals surface area contributed by atoms with Crippen LogP contribution in [-0.2, 0) is 12.8 Å². The SMILES string of the molecule is Cc1ccn2c(C)c(CCc3ccc(NC(N)=S)cc3)nc2c1. The average molecular weight is 324 g/mol. The van der Waals surface area contributed by atoms with Crippen molar-refractivity contribution >= 4 is 28.7 Å². The van der Waals surface area contributed by atoms with Gasteiger partial charge < -0.3 is 15.5 Å². The van der Waals surface area contributed by atoms with Crippen LogP contribution in [0.4, 0.5) is 5.69 Å². The number of hydrogen-bond acceptors (Lipinski definition) is 2. The van der Waals surface area contributed by atoms with E-state index < -0.39 is 0 Å². The van der Waals surface area contributed by atoms with Crippen LogP contribution in [0, 0.1) is 13.8 Å². The van der Waals surface area contributed by atoms with Crippen molar-refractivity contribution in [2.24, 2.45) is 5.73 Å². The Morgan fingerprint density at radius 2 is 1.91 bits per heavy atom. The van der Waals surface area contributed by atoms with E-state index >= 15 is 0 Å². The number of anilines is 1. The lowest BCUT2D eigenvalue weighted by Gasteiger charge is -2.05. The van der Waals surface area contributed by atoms with Gasteiger partial charge in [0.25, 0.3) is 0 Å². The monoisotopic (exact) mass is 324 g/mol. The Kier molecular flexibility index (Phi) is 4.30. The van der Waals surface area contributed by atoms with Crippen molar-refractivity contribution in [2.45, 2.75) is 26.7 Å². The largest absolute Gasteiger partial charge is 0.376 e. The molecule has 0 spiro atoms. The Labute approximate surface area is 141 Å². The average Bonchev–Trinajstić information content (AvgIpc) is 2.81. The predicted octanol–water partition coefficient (Wildman–Crippen LogP) is 3.39. The van der Waals surface area contributed by atoms with Gasteiger partial charge in [-0.05, 0) is 74.3 Å². The number of nitrogens with one attached hydrogen (secondary N) is 1. The van der Waals surface area contributed by atoms with E-state index in [1.54, 1.807) is 0 Å². The van der Waals surface area contributed by atoms with E-state index in [-0.39, 0.29) is 5.11 Å². The molecular formula is C18H20N4S. The lowest BCUT2D eigenvalue weighted by molar-refractivity contribution is 0.911. The van der Waals surface area contributed by atoms with E-state index in [1.807, 2.05) is 12.1 Å². The molecule has 4 nitrogen and oxygen atoms in total. The minimum absolute atomic E-state index is 0.286. The zero-order valence-corrected chi connectivity index (χ0v) is 14.2. The first-order chi connectivity index (χ1) is 11.0. The van der Waals surface area contributed by atoms with Gasteiger partial charge in [0.1, 0.15) is 5.65 Å². The number of aromatic nitrogens is 2. The highest BCUT2D eigenvalue weighted by molar-refractivity contribution is 7.80. The minimum atomic E-state index is 0.286. The molecule has 0 atom stereocenters. The van der Waals surface area contributed by atoms with Crippen LogP contribution in [0.3, 0.4) is 0 Å². The third-order valence-corrected chi connectivity index (χ3v) is 4.09. The van der Waals surface area contributed by atoms with Crippen LogP contribution >= 0.6 is 12.2 Å². The highest BCUT2D eigenvalue weighted by atomic mass is 32.1. The van der Waals surface area contributed by atoms with Gasteiger partial charge >= 0.3 is 0 Å². The first kappa shape index (κ1) is 15.5. The molecule has 3 N–H and O–H groups in total. The molecule has 0 saturated heterocycles. The molecule has 2 aromatic heterocycles. The molecule has 0 fully saturated rings. The van der Waals surface area contributed by atoms with Gasteiger partial charge in [-0.15, -0.1) is 0 Å². The first-order valence-corrected chi connectivity index (χ1v) is 8.03. The molecule has 0 aliphatic carbocycles. The summed E-state index contributed by atoms with van der Waals surface area (Å²) >= 11 is 4.84. The summed E-state index contributed by atoms with van der Waals surface area (Å²) < 4.78 is 2.15. The quantitative estimate of drug-likeness (QED) is 0.722. The van der Waals surface area contributed by atoms with Gasteiger partial charge in [-0.1, -0.05) is 12.1 Å². The summed E-state index contributed by atoms with van der Waals surface area (Å²) in [6.45, 7) is 4.21. The normalized spacial score (nSPS) is 10.9. The molecule has 23 heavy (non-hydrogen) atoms. The molecule has 0 unspecified atom stereocenters. The van der Waals surface area contributed by atoms with Crippen LogP contribution < -0.4 is 11.1 Å². The maximum absolute atomic E-state index is 5.47. The molecule has 3 rings (SSSR count). The zero-order valence-electron chi connectivity index (χ0n) is 13.3. The summed E-state index contributed by atoms with van der Waals surface area (Å²) in [5.41, 5.74) is 12.3. The second kappa shape index (κ2) is 6.38. The first-order valence-electron chi connectivity index (χ1n) is 7.62. The number of benzene rings is 1. The molecule has 1 aromatic carbocycles. The van der Waals surface area contributed by atoms with Crippen molar-refractivity contribution < 1.29 is 0 Å². The summed E-state index contributed by atoms with van der Waals surface area (Å²) in [7, 11) is 0. The highest BCUT2D eigenvalue weighted by Gasteiger charge is 2.08. The molecule has 0 bridgehead atoms. The number of nitrogens with zero attached hydrogens (tertiary/aromatic N) is 2. The standard InChI is InChI=1S/C18H20N4S/c1-12-9-10-22-13(2)16(21-17(22)11-12)8-5-14-3-6-15(7-4-14)20-18(19)23/h3-4,6-7,9-11H,5,8H2,1-2H3,(H3,19,20,23). The second-order valence-corrected chi connectivity index (χ2v) is 6.20. The minimum Gasteiger partial charge on any atom is -0.376 e. The van der Waals surface area contributed by atoms with Gasteiger partial charge in [-0.2, -0.15) is 0 Å². The van der Waals surface area contributed by atoms with Gasteiger partial charge in [0.05, 0.1) is 5.69 Å². The van der Waals surface area contributed by atoms with Gasteiger partial charge in [0.2, 0.25) is 0 Å². The highest BCUT2D eigenvalue weighted by Crippen LogP contribution is 2.16. The maximum atomic E-state index is 5.47. The van der Waals surface area contributed by atoms with Crippen molar-refractivity contribution in [3.8, 4) is 0 Å². The fourth-order valence-electron chi connectivity index (χ4n) is 2.71. The van der Waals surface area contributed by atoms with E-state index in [4.69, 9.17) is 22.9 Å². The van der Waals surface area contributed by atoms with Crippen LogP contribution in [0.1, 0.15) is 22.5 Å². The maximum Gasteiger partial charge on any atom is 0.168 e. The lowest BCUT2D eigenvalue weighted by Crippen LogP contribution is -2.18. The van der Waals surface area contributed by atoms with Crippen molar-refractivity contribution in [1.29, 1.82) is 0 Å². The molecule has 5 heteroatoms. The van der Waals surface area contributed by atoms with Crippen molar-refractivity contribution in [2.75, 3.05) is 5.32 Å². The van der Waals surface area contributed by atoms with Gasteiger partial charge in [-0.25, -0.2) is 4.98 Å². The van der Waals surface area contributed by atoms with E-state index in [2.05, 4.69) is 54.0 Å². The van der Waals surface area contributed by atoms with E-state index in [0.29, 0.717) is 0 Å².